The van der Waals surface area contributed by atoms with Crippen molar-refractivity contribution < 1.29 is 33.4 Å². The van der Waals surface area contributed by atoms with E-state index in [-0.39, 0.29) is 12.0 Å². The molecule has 0 spiro atoms. The van der Waals surface area contributed by atoms with Crippen LogP contribution in [0, 0.1) is 5.92 Å². The number of nitrogens with zero attached hydrogens (tertiary/aromatic N) is 5. The minimum absolute atomic E-state index is 0.0750. The summed E-state index contributed by atoms with van der Waals surface area (Å²) in [6.45, 7) is 13.3. The van der Waals surface area contributed by atoms with E-state index in [4.69, 9.17) is 14.2 Å². The molecule has 2 fully saturated rings. The topological polar surface area (TPSA) is 135 Å². The van der Waals surface area contributed by atoms with Crippen LogP contribution < -0.4 is 4.74 Å². The molecule has 0 radical (unpaired) electrons. The van der Waals surface area contributed by atoms with Crippen LogP contribution in [0.3, 0.4) is 0 Å². The Balaban J connectivity index is 0.000000202. The van der Waals surface area contributed by atoms with Gasteiger partial charge in [-0.1, -0.05) is 107 Å². The molecule has 12 heteroatoms. The van der Waals surface area contributed by atoms with Gasteiger partial charge >= 0.3 is 24.1 Å². The second kappa shape index (κ2) is 22.4. The predicted octanol–water partition coefficient (Wildman–Crippen LogP) is 12.3. The van der Waals surface area contributed by atoms with Gasteiger partial charge in [0.05, 0.1) is 22.5 Å². The van der Waals surface area contributed by atoms with E-state index in [1.54, 1.807) is 73.1 Å². The van der Waals surface area contributed by atoms with Crippen molar-refractivity contribution >= 4 is 24.1 Å². The van der Waals surface area contributed by atoms with Gasteiger partial charge < -0.3 is 19.1 Å². The monoisotopic (exact) mass is 859 g/mol. The zero-order valence-corrected chi connectivity index (χ0v) is 38.3. The summed E-state index contributed by atoms with van der Waals surface area (Å²) in [7, 11) is 1.86. The van der Waals surface area contributed by atoms with Crippen molar-refractivity contribution in [2.75, 3.05) is 7.05 Å². The molecule has 2 heterocycles. The molecule has 0 saturated heterocycles. The number of imidazole rings is 2. The Morgan fingerprint density at radius 1 is 0.635 bits per heavy atom. The number of rotatable bonds is 7. The largest absolute Gasteiger partial charge is 0.456 e. The maximum Gasteiger partial charge on any atom is 0.424 e. The van der Waals surface area contributed by atoms with E-state index in [0.29, 0.717) is 39.9 Å². The maximum atomic E-state index is 12.8. The fourth-order valence-corrected chi connectivity index (χ4v) is 7.48. The Bertz CT molecular complexity index is 2250. The van der Waals surface area contributed by atoms with Gasteiger partial charge in [-0.2, -0.15) is 0 Å². The molecule has 63 heavy (non-hydrogen) atoms. The molecule has 0 N–H and O–H groups in total. The third-order valence-corrected chi connectivity index (χ3v) is 10.9. The second-order valence-corrected chi connectivity index (χ2v) is 18.3. The molecular weight excluding hydrogens is 795 g/mol. The number of aromatic nitrogens is 4. The lowest BCUT2D eigenvalue weighted by Gasteiger charge is -2.31. The van der Waals surface area contributed by atoms with E-state index in [9.17, 15) is 19.2 Å². The number of hydrogen-bond donors (Lipinski definition) is 0. The molecule has 12 nitrogen and oxygen atoms in total. The molecule has 7 rings (SSSR count). The van der Waals surface area contributed by atoms with Crippen molar-refractivity contribution in [3.63, 3.8) is 0 Å². The number of benzene rings is 3. The summed E-state index contributed by atoms with van der Waals surface area (Å²) in [5, 5.41) is 0. The van der Waals surface area contributed by atoms with Crippen LogP contribution in [0.5, 0.6) is 5.75 Å². The molecule has 0 unspecified atom stereocenters. The summed E-state index contributed by atoms with van der Waals surface area (Å²) in [6, 6.07) is 23.1. The minimum atomic E-state index is -0.574. The van der Waals surface area contributed by atoms with Gasteiger partial charge in [-0.15, -0.1) is 0 Å². The van der Waals surface area contributed by atoms with Gasteiger partial charge in [0.2, 0.25) is 0 Å². The van der Waals surface area contributed by atoms with Crippen LogP contribution in [-0.4, -0.2) is 72.4 Å². The number of ether oxygens (including phenoxy) is 3. The minimum Gasteiger partial charge on any atom is -0.456 e. The zero-order valence-electron chi connectivity index (χ0n) is 38.3. The molecular formula is C51H65N5O7. The molecule has 336 valence electrons. The van der Waals surface area contributed by atoms with Crippen LogP contribution in [0.25, 0.3) is 22.5 Å². The summed E-state index contributed by atoms with van der Waals surface area (Å²) in [6.07, 6.45) is 20.3. The Kier molecular flexibility index (Phi) is 17.0. The van der Waals surface area contributed by atoms with Crippen LogP contribution in [0.15, 0.2) is 104 Å². The molecule has 2 aromatic heterocycles. The fourth-order valence-electron chi connectivity index (χ4n) is 7.48. The normalized spacial score (nSPS) is 14.5. The lowest BCUT2D eigenvalue weighted by atomic mass is 9.88. The molecule has 1 amide bonds. The molecule has 0 bridgehead atoms. The van der Waals surface area contributed by atoms with Gasteiger partial charge in [-0.25, -0.2) is 33.7 Å². The average molecular weight is 860 g/mol. The van der Waals surface area contributed by atoms with E-state index >= 15 is 0 Å². The smallest absolute Gasteiger partial charge is 0.424 e. The van der Waals surface area contributed by atoms with E-state index < -0.39 is 23.3 Å². The van der Waals surface area contributed by atoms with Crippen molar-refractivity contribution in [2.24, 2.45) is 5.92 Å². The lowest BCUT2D eigenvalue weighted by Crippen LogP contribution is -2.40. The number of carbonyl (C=O) groups excluding carboxylic acids is 4. The Morgan fingerprint density at radius 2 is 1.11 bits per heavy atom. The molecule has 0 aliphatic heterocycles. The van der Waals surface area contributed by atoms with Crippen molar-refractivity contribution in [3.05, 3.63) is 115 Å². The van der Waals surface area contributed by atoms with Crippen LogP contribution in [0.2, 0.25) is 0 Å². The van der Waals surface area contributed by atoms with Gasteiger partial charge in [-0.3, -0.25) is 4.57 Å². The van der Waals surface area contributed by atoms with E-state index in [2.05, 4.69) is 16.9 Å². The third kappa shape index (κ3) is 15.1. The van der Waals surface area contributed by atoms with Crippen molar-refractivity contribution in [2.45, 2.75) is 136 Å². The van der Waals surface area contributed by atoms with Gasteiger partial charge in [0.25, 0.3) is 0 Å². The van der Waals surface area contributed by atoms with Gasteiger partial charge in [-0.05, 0) is 96.7 Å². The lowest BCUT2D eigenvalue weighted by molar-refractivity contribution is 0.00571. The van der Waals surface area contributed by atoms with Crippen molar-refractivity contribution in [3.8, 4) is 28.3 Å². The van der Waals surface area contributed by atoms with E-state index in [0.717, 1.165) is 24.3 Å². The summed E-state index contributed by atoms with van der Waals surface area (Å²) in [5.74, 6) is 0.752. The Morgan fingerprint density at radius 3 is 1.59 bits per heavy atom. The van der Waals surface area contributed by atoms with Gasteiger partial charge in [0, 0.05) is 36.6 Å². The number of carbonyl (C=O) groups is 4. The van der Waals surface area contributed by atoms with E-state index in [1.165, 1.54) is 79.6 Å². The molecule has 3 aromatic carbocycles. The predicted molar refractivity (Wildman–Crippen MR) is 246 cm³/mol. The average Bonchev–Trinajstić information content (AvgIpc) is 3.98. The number of hydrogen-bond acceptors (Lipinski definition) is 9. The first-order chi connectivity index (χ1) is 30.0. The zero-order chi connectivity index (χ0) is 45.6. The molecule has 2 aliphatic rings. The van der Waals surface area contributed by atoms with Crippen LogP contribution in [0.1, 0.15) is 140 Å². The first kappa shape index (κ1) is 48.0. The summed E-state index contributed by atoms with van der Waals surface area (Å²) in [4.78, 5) is 60.0. The molecule has 2 saturated carbocycles. The van der Waals surface area contributed by atoms with Gasteiger partial charge in [0.1, 0.15) is 29.6 Å². The highest BCUT2D eigenvalue weighted by molar-refractivity contribution is 5.92. The quantitative estimate of drug-likeness (QED) is 0.147. The SMILES string of the molecule is CC(C)(C)OC(=O)c1cccc(-c2cn(C(=O)Oc3ccccc3)cn2)c1.CCC1CCCCC1.CN(C(=O)n1cnc(-c2cccc(C(=O)OC(C)(C)C)c2)c1)C1CCCCC1. The fraction of sp³-hybridized carbons (Fsp3) is 0.451. The third-order valence-electron chi connectivity index (χ3n) is 10.9. The highest BCUT2D eigenvalue weighted by Crippen LogP contribution is 2.27. The standard InChI is InChI=1S/C22H29N3O3.C21H20N2O4.C8H16/c1-22(2,3)28-20(26)17-10-8-9-16(13-17)19-14-25(15-23-19)21(27)24(4)18-11-6-5-7-12-18;1-21(2,3)27-19(24)16-9-7-8-15(12-16)18-13-23(14-22-18)20(25)26-17-10-5-4-6-11-17;1-2-8-6-4-3-5-7-8/h8-10,13-15,18H,5-7,11-12H2,1-4H3;4-14H,1-3H3;8H,2-7H2,1H3. The van der Waals surface area contributed by atoms with Crippen molar-refractivity contribution in [1.29, 1.82) is 0 Å². The van der Waals surface area contributed by atoms with Crippen LogP contribution in [0.4, 0.5) is 9.59 Å². The second-order valence-electron chi connectivity index (χ2n) is 18.3. The summed E-state index contributed by atoms with van der Waals surface area (Å²) < 4.78 is 18.9. The highest BCUT2D eigenvalue weighted by atomic mass is 16.6. The van der Waals surface area contributed by atoms with Crippen LogP contribution in [-0.2, 0) is 9.47 Å². The number of amides is 1. The van der Waals surface area contributed by atoms with E-state index in [1.807, 2.05) is 71.7 Å². The molecule has 5 aromatic rings. The summed E-state index contributed by atoms with van der Waals surface area (Å²) >= 11 is 0. The number of esters is 2. The summed E-state index contributed by atoms with van der Waals surface area (Å²) in [5.41, 5.74) is 2.43. The Labute approximate surface area is 373 Å². The first-order valence-electron chi connectivity index (χ1n) is 22.3. The van der Waals surface area contributed by atoms with Gasteiger partial charge in [0.15, 0.2) is 0 Å². The van der Waals surface area contributed by atoms with Crippen LogP contribution >= 0.6 is 0 Å². The number of para-hydroxylation sites is 1. The Hall–Kier alpha value is -6.04. The molecule has 0 atom stereocenters. The first-order valence-corrected chi connectivity index (χ1v) is 22.3. The maximum absolute atomic E-state index is 12.8. The van der Waals surface area contributed by atoms with Crippen molar-refractivity contribution in [1.82, 2.24) is 24.0 Å². The molecule has 2 aliphatic carbocycles. The highest BCUT2D eigenvalue weighted by Gasteiger charge is 2.24.